The molecule has 7 rings (SSSR count). The number of rotatable bonds is 0. The minimum Gasteiger partial charge on any atom is -0.207 e. The molecule has 0 amide bonds. The topological polar surface area (TPSA) is 0 Å². The van der Waals surface area contributed by atoms with Gasteiger partial charge in [0.2, 0.25) is 0 Å². The Labute approximate surface area is 403 Å². The van der Waals surface area contributed by atoms with Crippen LogP contribution in [-0.2, 0) is 0 Å². The van der Waals surface area contributed by atoms with Gasteiger partial charge in [-0.05, 0) is 188 Å². The fraction of sp³-hybridized carbons (Fsp3) is 0.357. The number of hydrogen-bond acceptors (Lipinski definition) is 0. The van der Waals surface area contributed by atoms with E-state index in [0.29, 0.717) is 21.7 Å². The smallest absolute Gasteiger partial charge is 0.129 e. The predicted octanol–water partition coefficient (Wildman–Crippen LogP) is 19.8. The molecule has 0 heterocycles. The van der Waals surface area contributed by atoms with Gasteiger partial charge < -0.3 is 0 Å². The number of halogens is 8. The molecular formula is C56H68Cl4F4. The van der Waals surface area contributed by atoms with E-state index in [1.54, 1.807) is 32.9 Å². The van der Waals surface area contributed by atoms with Crippen molar-refractivity contribution < 1.29 is 17.6 Å². The largest absolute Gasteiger partial charge is 0.207 e. The van der Waals surface area contributed by atoms with Crippen LogP contribution in [0.1, 0.15) is 106 Å². The molecule has 0 aromatic heterocycles. The van der Waals surface area contributed by atoms with E-state index in [4.69, 9.17) is 46.4 Å². The highest BCUT2D eigenvalue weighted by molar-refractivity contribution is 6.36. The van der Waals surface area contributed by atoms with Crippen LogP contribution in [0.25, 0.3) is 0 Å². The zero-order chi connectivity index (χ0) is 48.8. The second kappa shape index (κ2) is 29.7. The Morgan fingerprint density at radius 1 is 0.312 bits per heavy atom. The van der Waals surface area contributed by atoms with Gasteiger partial charge in [-0.3, -0.25) is 0 Å². The average molecular weight is 959 g/mol. The summed E-state index contributed by atoms with van der Waals surface area (Å²) in [5.41, 5.74) is 10.8. The van der Waals surface area contributed by atoms with Gasteiger partial charge in [0, 0.05) is 31.2 Å². The maximum atomic E-state index is 12.8. The van der Waals surface area contributed by atoms with E-state index in [1.807, 2.05) is 71.9 Å². The standard InChI is InChI=1S/C8H8Cl2.C8H8ClF.C8H9Cl.C8H8F2.C8H9F.C8H16.C8H10/c2*1-5-3-7(9)6(2)8(10)4-5;1-6-3-4-7(2)8(9)5-6;1-5-3-7(9)6(2)8(10)4-5;1-6-3-4-7(2)8(9)5-6;2*1-7-3-5-8(2)6-4-7/h2*3-4H,1-2H3;3-5H,1-2H3;3-4H,1-2H3;3-5H,1-2H3;7-8H,3-6H2,1-2H3;3-6H,1-2H3. The molecule has 348 valence electrons. The molecule has 0 bridgehead atoms. The van der Waals surface area contributed by atoms with E-state index in [2.05, 4.69) is 58.0 Å². The van der Waals surface area contributed by atoms with Crippen LogP contribution < -0.4 is 0 Å². The molecule has 1 fully saturated rings. The van der Waals surface area contributed by atoms with Crippen molar-refractivity contribution in [1.82, 2.24) is 0 Å². The molecule has 6 aromatic rings. The predicted molar refractivity (Wildman–Crippen MR) is 272 cm³/mol. The molecule has 0 atom stereocenters. The van der Waals surface area contributed by atoms with Gasteiger partial charge in [0.05, 0.1) is 0 Å². The third kappa shape index (κ3) is 23.4. The number of hydrogen-bond donors (Lipinski definition) is 0. The summed E-state index contributed by atoms with van der Waals surface area (Å²) in [6, 6.07) is 29.4. The molecule has 0 aliphatic heterocycles. The van der Waals surface area contributed by atoms with E-state index in [9.17, 15) is 17.6 Å². The van der Waals surface area contributed by atoms with E-state index in [-0.39, 0.29) is 17.2 Å². The van der Waals surface area contributed by atoms with Gasteiger partial charge in [0.25, 0.3) is 0 Å². The molecule has 6 aromatic carbocycles. The fourth-order valence-electron chi connectivity index (χ4n) is 5.78. The van der Waals surface area contributed by atoms with Crippen molar-refractivity contribution in [2.45, 2.75) is 123 Å². The third-order valence-electron chi connectivity index (χ3n) is 10.5. The van der Waals surface area contributed by atoms with Crippen LogP contribution in [0.15, 0.2) is 97.1 Å². The Bertz CT molecular complexity index is 2050. The summed E-state index contributed by atoms with van der Waals surface area (Å²) in [4.78, 5) is 0. The second-order valence-electron chi connectivity index (χ2n) is 17.1. The SMILES string of the molecule is CC1CCC(C)CC1.Cc1cc(Cl)c(C)c(Cl)c1.Cc1cc(F)c(C)c(Cl)c1.Cc1cc(F)c(C)c(F)c1.Cc1ccc(C)c(Cl)c1.Cc1ccc(C)c(F)c1.Cc1ccc(C)cc1. The van der Waals surface area contributed by atoms with Gasteiger partial charge in [-0.1, -0.05) is 146 Å². The molecule has 0 radical (unpaired) electrons. The zero-order valence-corrected chi connectivity index (χ0v) is 43.3. The molecule has 1 aliphatic rings. The highest BCUT2D eigenvalue weighted by Gasteiger charge is 2.13. The first-order chi connectivity index (χ1) is 29.8. The molecule has 0 N–H and O–H groups in total. The summed E-state index contributed by atoms with van der Waals surface area (Å²) in [7, 11) is 0. The molecule has 0 unspecified atom stereocenters. The molecule has 1 saturated carbocycles. The van der Waals surface area contributed by atoms with Gasteiger partial charge in [-0.15, -0.1) is 0 Å². The first-order valence-electron chi connectivity index (χ1n) is 21.6. The summed E-state index contributed by atoms with van der Waals surface area (Å²) >= 11 is 23.2. The zero-order valence-electron chi connectivity index (χ0n) is 40.2. The van der Waals surface area contributed by atoms with Crippen LogP contribution in [0.3, 0.4) is 0 Å². The minimum atomic E-state index is -0.475. The van der Waals surface area contributed by atoms with Gasteiger partial charge in [0.1, 0.15) is 23.3 Å². The summed E-state index contributed by atoms with van der Waals surface area (Å²) in [6.07, 6.45) is 5.89. The van der Waals surface area contributed by atoms with Gasteiger partial charge >= 0.3 is 0 Å². The second-order valence-corrected chi connectivity index (χ2v) is 18.7. The lowest BCUT2D eigenvalue weighted by Gasteiger charge is -2.22. The monoisotopic (exact) mass is 956 g/mol. The fourth-order valence-corrected chi connectivity index (χ4v) is 6.87. The van der Waals surface area contributed by atoms with Crippen LogP contribution in [0, 0.1) is 118 Å². The molecular weight excluding hydrogens is 890 g/mol. The first-order valence-corrected chi connectivity index (χ1v) is 23.1. The van der Waals surface area contributed by atoms with E-state index in [0.717, 1.165) is 54.7 Å². The van der Waals surface area contributed by atoms with Crippen molar-refractivity contribution in [3.8, 4) is 0 Å². The Hall–Kier alpha value is -3.80. The van der Waals surface area contributed by atoms with Crippen LogP contribution >= 0.6 is 46.4 Å². The van der Waals surface area contributed by atoms with E-state index in [1.165, 1.54) is 73.6 Å². The normalized spacial score (nSPS) is 13.5. The lowest BCUT2D eigenvalue weighted by molar-refractivity contribution is 0.308. The molecule has 0 nitrogen and oxygen atoms in total. The van der Waals surface area contributed by atoms with Crippen LogP contribution in [-0.4, -0.2) is 0 Å². The Morgan fingerprint density at radius 2 is 0.594 bits per heavy atom. The molecule has 8 heteroatoms. The molecule has 64 heavy (non-hydrogen) atoms. The van der Waals surface area contributed by atoms with Crippen LogP contribution in [0.5, 0.6) is 0 Å². The highest BCUT2D eigenvalue weighted by atomic mass is 35.5. The van der Waals surface area contributed by atoms with E-state index < -0.39 is 11.6 Å². The lowest BCUT2D eigenvalue weighted by Crippen LogP contribution is -2.08. The molecule has 0 saturated heterocycles. The summed E-state index contributed by atoms with van der Waals surface area (Å²) in [6.45, 7) is 27.0. The Morgan fingerprint density at radius 3 is 0.938 bits per heavy atom. The first kappa shape index (κ1) is 58.2. The minimum absolute atomic E-state index is 0.0885. The Balaban J connectivity index is 0.000000374. The van der Waals surface area contributed by atoms with Crippen molar-refractivity contribution in [1.29, 1.82) is 0 Å². The van der Waals surface area contributed by atoms with Crippen LogP contribution in [0.4, 0.5) is 17.6 Å². The van der Waals surface area contributed by atoms with Gasteiger partial charge in [0.15, 0.2) is 0 Å². The average Bonchev–Trinajstić information content (AvgIpc) is 3.22. The van der Waals surface area contributed by atoms with Crippen molar-refractivity contribution >= 4 is 46.4 Å². The number of aryl methyl sites for hydroxylation is 9. The van der Waals surface area contributed by atoms with Crippen molar-refractivity contribution in [2.75, 3.05) is 0 Å². The van der Waals surface area contributed by atoms with Crippen LogP contribution in [0.2, 0.25) is 20.1 Å². The van der Waals surface area contributed by atoms with Crippen molar-refractivity contribution in [3.63, 3.8) is 0 Å². The third-order valence-corrected chi connectivity index (χ3v) is 12.0. The summed E-state index contributed by atoms with van der Waals surface area (Å²) in [5, 5.41) is 2.84. The maximum absolute atomic E-state index is 12.8. The van der Waals surface area contributed by atoms with Crippen molar-refractivity contribution in [2.24, 2.45) is 11.8 Å². The molecule has 0 spiro atoms. The molecule has 1 aliphatic carbocycles. The highest BCUT2D eigenvalue weighted by Crippen LogP contribution is 2.27. The summed E-state index contributed by atoms with van der Waals surface area (Å²) < 4.78 is 50.5. The van der Waals surface area contributed by atoms with E-state index >= 15 is 0 Å². The van der Waals surface area contributed by atoms with Crippen molar-refractivity contribution in [3.05, 3.63) is 207 Å². The maximum Gasteiger partial charge on any atom is 0.129 e. The lowest BCUT2D eigenvalue weighted by atomic mass is 9.84. The van der Waals surface area contributed by atoms with Gasteiger partial charge in [-0.25, -0.2) is 17.6 Å². The Kier molecular flexibility index (Phi) is 27.0. The van der Waals surface area contributed by atoms with Gasteiger partial charge in [-0.2, -0.15) is 0 Å². The summed E-state index contributed by atoms with van der Waals surface area (Å²) in [5.74, 6) is 0.743. The quantitative estimate of drug-likeness (QED) is 0.133. The number of benzene rings is 6.